The minimum Gasteiger partial charge on any atom is -0.390 e. The number of aromatic amines is 1. The molecule has 1 aromatic carbocycles. The van der Waals surface area contributed by atoms with Gasteiger partial charge in [0.25, 0.3) is 5.56 Å². The van der Waals surface area contributed by atoms with E-state index >= 15 is 0 Å². The second-order valence-corrected chi connectivity index (χ2v) is 8.35. The van der Waals surface area contributed by atoms with Crippen molar-refractivity contribution in [2.24, 2.45) is 11.8 Å². The third kappa shape index (κ3) is 3.65. The number of aliphatic hydroxyl groups is 2. The number of nitrogens with one attached hydrogen (secondary N) is 2. The quantitative estimate of drug-likeness (QED) is 0.514. The Morgan fingerprint density at radius 1 is 1.25 bits per heavy atom. The van der Waals surface area contributed by atoms with Crippen molar-refractivity contribution >= 4 is 39.8 Å². The fourth-order valence-electron chi connectivity index (χ4n) is 3.74. The molecule has 0 spiro atoms. The maximum absolute atomic E-state index is 12.5. The number of H-pyrrole nitrogens is 1. The molecule has 0 radical (unpaired) electrons. The molecular weight excluding hydrogens is 400 g/mol. The molecule has 150 valence electrons. The topological polar surface area (TPSA) is 111 Å². The zero-order chi connectivity index (χ0) is 19.1. The fourth-order valence-corrected chi connectivity index (χ4v) is 4.75. The first-order valence-corrected chi connectivity index (χ1v) is 9.83. The molecule has 4 atom stereocenters. The summed E-state index contributed by atoms with van der Waals surface area (Å²) in [7, 11) is 0. The molecule has 1 aliphatic rings. The standard InChI is InChI=1S/C19H22N4O3S.ClH/c1-9(2)10-7-12(16(25)15(10)24)22-17-14(18(26)21-8-20-17)19-23-11-5-3-4-6-13(11)27-19;/h3-6,8-10,12,15-16,24-25H,7H2,1-2H3,(H2,20,21,22,26);1H/t10-,12-,15-,16+;/m1./s1. The van der Waals surface area contributed by atoms with Gasteiger partial charge in [0.05, 0.1) is 28.7 Å². The van der Waals surface area contributed by atoms with Crippen LogP contribution in [0.4, 0.5) is 5.82 Å². The highest BCUT2D eigenvalue weighted by molar-refractivity contribution is 7.21. The summed E-state index contributed by atoms with van der Waals surface area (Å²) in [5, 5.41) is 24.5. The Bertz CT molecular complexity index is 989. The predicted molar refractivity (Wildman–Crippen MR) is 113 cm³/mol. The van der Waals surface area contributed by atoms with E-state index in [0.717, 1.165) is 10.2 Å². The number of thiazole rings is 1. The zero-order valence-electron chi connectivity index (χ0n) is 15.5. The molecule has 0 amide bonds. The summed E-state index contributed by atoms with van der Waals surface area (Å²) in [4.78, 5) is 24.0. The number of para-hydroxylation sites is 1. The molecule has 0 bridgehead atoms. The molecule has 4 N–H and O–H groups in total. The van der Waals surface area contributed by atoms with Gasteiger partial charge in [0.2, 0.25) is 0 Å². The van der Waals surface area contributed by atoms with Crippen molar-refractivity contribution in [3.05, 3.63) is 40.9 Å². The molecule has 0 aliphatic heterocycles. The van der Waals surface area contributed by atoms with Crippen molar-refractivity contribution in [2.75, 3.05) is 5.32 Å². The number of aromatic nitrogens is 3. The number of hydrogen-bond acceptors (Lipinski definition) is 7. The monoisotopic (exact) mass is 422 g/mol. The first kappa shape index (κ1) is 20.7. The van der Waals surface area contributed by atoms with E-state index in [1.54, 1.807) is 0 Å². The van der Waals surface area contributed by atoms with E-state index in [-0.39, 0.29) is 35.8 Å². The van der Waals surface area contributed by atoms with E-state index in [1.807, 2.05) is 38.1 Å². The lowest BCUT2D eigenvalue weighted by Crippen LogP contribution is -2.36. The molecule has 3 aromatic rings. The predicted octanol–water partition coefficient (Wildman–Crippen LogP) is 2.65. The number of fused-ring (bicyclic) bond motifs is 1. The van der Waals surface area contributed by atoms with Crippen LogP contribution in [0.2, 0.25) is 0 Å². The molecule has 0 saturated heterocycles. The van der Waals surface area contributed by atoms with Crippen LogP contribution >= 0.6 is 23.7 Å². The molecular formula is C19H23ClN4O3S. The molecule has 0 unspecified atom stereocenters. The Labute approximate surface area is 172 Å². The lowest BCUT2D eigenvalue weighted by molar-refractivity contribution is 0.00750. The van der Waals surface area contributed by atoms with Gasteiger partial charge >= 0.3 is 0 Å². The number of nitrogens with zero attached hydrogens (tertiary/aromatic N) is 2. The van der Waals surface area contributed by atoms with Crippen LogP contribution in [0.1, 0.15) is 20.3 Å². The summed E-state index contributed by atoms with van der Waals surface area (Å²) in [5.74, 6) is 0.612. The Balaban J connectivity index is 0.00000225. The molecule has 2 heterocycles. The van der Waals surface area contributed by atoms with Gasteiger partial charge in [-0.05, 0) is 30.4 Å². The number of anilines is 1. The lowest BCUT2D eigenvalue weighted by atomic mass is 9.92. The Kier molecular flexibility index (Phi) is 6.04. The minimum atomic E-state index is -0.915. The van der Waals surface area contributed by atoms with Crippen LogP contribution in [0.5, 0.6) is 0 Å². The third-order valence-corrected chi connectivity index (χ3v) is 6.32. The summed E-state index contributed by atoms with van der Waals surface area (Å²) < 4.78 is 0.984. The number of benzene rings is 1. The van der Waals surface area contributed by atoms with Crippen LogP contribution in [0.15, 0.2) is 35.4 Å². The molecule has 9 heteroatoms. The van der Waals surface area contributed by atoms with Gasteiger partial charge in [0.1, 0.15) is 22.5 Å². The van der Waals surface area contributed by atoms with Crippen molar-refractivity contribution in [1.29, 1.82) is 0 Å². The maximum atomic E-state index is 12.5. The highest BCUT2D eigenvalue weighted by Crippen LogP contribution is 2.36. The van der Waals surface area contributed by atoms with Crippen molar-refractivity contribution in [3.63, 3.8) is 0 Å². The van der Waals surface area contributed by atoms with Gasteiger partial charge in [-0.3, -0.25) is 4.79 Å². The van der Waals surface area contributed by atoms with Crippen LogP contribution < -0.4 is 10.9 Å². The molecule has 7 nitrogen and oxygen atoms in total. The minimum absolute atomic E-state index is 0. The fraction of sp³-hybridized carbons (Fsp3) is 0.421. The first-order chi connectivity index (χ1) is 13.0. The van der Waals surface area contributed by atoms with Gasteiger partial charge in [-0.2, -0.15) is 0 Å². The van der Waals surface area contributed by atoms with Crippen LogP contribution in [-0.4, -0.2) is 43.4 Å². The van der Waals surface area contributed by atoms with Gasteiger partial charge in [-0.15, -0.1) is 23.7 Å². The normalized spacial score (nSPS) is 24.5. The summed E-state index contributed by atoms with van der Waals surface area (Å²) >= 11 is 1.42. The number of halogens is 1. The van der Waals surface area contributed by atoms with Crippen molar-refractivity contribution in [3.8, 4) is 10.6 Å². The summed E-state index contributed by atoms with van der Waals surface area (Å²) in [6, 6.07) is 7.31. The second kappa shape index (κ2) is 8.16. The Morgan fingerprint density at radius 2 is 2.00 bits per heavy atom. The first-order valence-electron chi connectivity index (χ1n) is 9.02. The Hall–Kier alpha value is -2.00. The van der Waals surface area contributed by atoms with Crippen LogP contribution in [0.25, 0.3) is 20.8 Å². The Morgan fingerprint density at radius 3 is 2.68 bits per heavy atom. The average molecular weight is 423 g/mol. The average Bonchev–Trinajstić information content (AvgIpc) is 3.18. The summed E-state index contributed by atoms with van der Waals surface area (Å²) in [5.41, 5.74) is 0.885. The lowest BCUT2D eigenvalue weighted by Gasteiger charge is -2.20. The molecule has 2 aromatic heterocycles. The molecule has 28 heavy (non-hydrogen) atoms. The zero-order valence-corrected chi connectivity index (χ0v) is 17.1. The van der Waals surface area contributed by atoms with Crippen LogP contribution in [0.3, 0.4) is 0 Å². The number of hydrogen-bond donors (Lipinski definition) is 4. The van der Waals surface area contributed by atoms with Gasteiger partial charge in [-0.25, -0.2) is 9.97 Å². The smallest absolute Gasteiger partial charge is 0.263 e. The molecule has 4 rings (SSSR count). The molecule has 1 fully saturated rings. The molecule has 1 saturated carbocycles. The number of rotatable bonds is 4. The van der Waals surface area contributed by atoms with Crippen LogP contribution in [0, 0.1) is 11.8 Å². The molecule has 1 aliphatic carbocycles. The van der Waals surface area contributed by atoms with E-state index in [1.165, 1.54) is 17.7 Å². The van der Waals surface area contributed by atoms with Gasteiger partial charge in [-0.1, -0.05) is 26.0 Å². The van der Waals surface area contributed by atoms with Crippen molar-refractivity contribution < 1.29 is 10.2 Å². The van der Waals surface area contributed by atoms with Crippen molar-refractivity contribution in [2.45, 2.75) is 38.5 Å². The van der Waals surface area contributed by atoms with Gasteiger partial charge < -0.3 is 20.5 Å². The SMILES string of the molecule is CC(C)[C@H]1C[C@@H](Nc2nc[nH]c(=O)c2-c2nc3ccccc3s2)[C@H](O)[C@@H]1O.Cl. The maximum Gasteiger partial charge on any atom is 0.263 e. The van der Waals surface area contributed by atoms with Crippen molar-refractivity contribution in [1.82, 2.24) is 15.0 Å². The van der Waals surface area contributed by atoms with Crippen LogP contribution in [-0.2, 0) is 0 Å². The van der Waals surface area contributed by atoms with Gasteiger partial charge in [0.15, 0.2) is 0 Å². The summed E-state index contributed by atoms with van der Waals surface area (Å²) in [6.07, 6.45) is 0.226. The largest absolute Gasteiger partial charge is 0.390 e. The highest BCUT2D eigenvalue weighted by Gasteiger charge is 2.43. The number of aliphatic hydroxyl groups excluding tert-OH is 2. The van der Waals surface area contributed by atoms with E-state index < -0.39 is 12.2 Å². The van der Waals surface area contributed by atoms with E-state index in [4.69, 9.17) is 0 Å². The second-order valence-electron chi connectivity index (χ2n) is 7.32. The summed E-state index contributed by atoms with van der Waals surface area (Å²) in [6.45, 7) is 4.06. The third-order valence-electron chi connectivity index (χ3n) is 5.27. The van der Waals surface area contributed by atoms with E-state index in [9.17, 15) is 15.0 Å². The van der Waals surface area contributed by atoms with Gasteiger partial charge in [0, 0.05) is 0 Å². The van der Waals surface area contributed by atoms with E-state index in [0.29, 0.717) is 22.8 Å². The highest BCUT2D eigenvalue weighted by atomic mass is 35.5. The van der Waals surface area contributed by atoms with E-state index in [2.05, 4.69) is 20.3 Å².